The van der Waals surface area contributed by atoms with Gasteiger partial charge in [0.1, 0.15) is 0 Å². The number of hydrogen-bond donors (Lipinski definition) is 0. The van der Waals surface area contributed by atoms with Crippen molar-refractivity contribution >= 4 is 22.6 Å². The molecule has 1 aromatic rings. The van der Waals surface area contributed by atoms with Gasteiger partial charge in [-0.05, 0) is 22.6 Å². The molecule has 0 aliphatic heterocycles. The molecule has 0 aliphatic rings. The zero-order valence-corrected chi connectivity index (χ0v) is 9.31. The van der Waals surface area contributed by atoms with Gasteiger partial charge in [-0.15, -0.1) is 13.2 Å². The van der Waals surface area contributed by atoms with Crippen molar-refractivity contribution in [2.75, 3.05) is 0 Å². The van der Waals surface area contributed by atoms with Gasteiger partial charge in [0, 0.05) is 9.77 Å². The normalized spacial score (nSPS) is 12.0. The summed E-state index contributed by atoms with van der Waals surface area (Å²) in [4.78, 5) is 2.87. The molecule has 9 heteroatoms. The highest BCUT2D eigenvalue weighted by atomic mass is 127. The van der Waals surface area contributed by atoms with Crippen LogP contribution in [0.4, 0.5) is 26.3 Å². The van der Waals surface area contributed by atoms with Gasteiger partial charge in [-0.3, -0.25) is 0 Å². The van der Waals surface area contributed by atoms with E-state index < -0.39 is 30.0 Å². The predicted octanol–water partition coefficient (Wildman–Crippen LogP) is 3.66. The van der Waals surface area contributed by atoms with E-state index in [1.807, 2.05) is 0 Å². The molecule has 1 rings (SSSR count). The van der Waals surface area contributed by atoms with Gasteiger partial charge >= 0.3 is 6.36 Å². The Bertz CT molecular complexity index is 393. The lowest BCUT2D eigenvalue weighted by molar-refractivity contribution is -0.276. The molecule has 1 heterocycles. The first-order valence-corrected chi connectivity index (χ1v) is 4.68. The summed E-state index contributed by atoms with van der Waals surface area (Å²) in [7, 11) is 0. The zero-order valence-electron chi connectivity index (χ0n) is 7.16. The maximum Gasteiger partial charge on any atom is 0.573 e. The number of pyridine rings is 1. The molecule has 0 unspecified atom stereocenters. The number of ether oxygens (including phenoxy) is 1. The van der Waals surface area contributed by atoms with Crippen LogP contribution in [-0.2, 0) is 0 Å². The topological polar surface area (TPSA) is 22.1 Å². The summed E-state index contributed by atoms with van der Waals surface area (Å²) < 4.78 is 76.0. The maximum atomic E-state index is 12.8. The minimum atomic E-state index is -5.25. The zero-order chi connectivity index (χ0) is 12.5. The Morgan fingerprint density at radius 1 is 1.31 bits per heavy atom. The molecule has 0 N–H and O–H groups in total. The third-order valence-corrected chi connectivity index (χ3v) is 2.28. The van der Waals surface area contributed by atoms with Crippen LogP contribution < -0.4 is 4.74 Å². The fraction of sp³-hybridized carbons (Fsp3) is 0.286. The lowest BCUT2D eigenvalue weighted by Gasteiger charge is -2.13. The largest absolute Gasteiger partial charge is 0.573 e. The van der Waals surface area contributed by atoms with Crippen molar-refractivity contribution in [1.29, 1.82) is 0 Å². The highest BCUT2D eigenvalue weighted by Crippen LogP contribution is 2.36. The first kappa shape index (κ1) is 13.3. The van der Waals surface area contributed by atoms with Crippen LogP contribution in [0, 0.1) is 9.52 Å². The summed E-state index contributed by atoms with van der Waals surface area (Å²) in [6.45, 7) is 0. The molecule has 0 fully saturated rings. The molecule has 2 nitrogen and oxygen atoms in total. The Morgan fingerprint density at radius 3 is 2.31 bits per heavy atom. The lowest BCUT2D eigenvalue weighted by Crippen LogP contribution is -2.20. The van der Waals surface area contributed by atoms with Gasteiger partial charge in [0.2, 0.25) is 0 Å². The van der Waals surface area contributed by atoms with Gasteiger partial charge in [0.25, 0.3) is 12.4 Å². The molecular formula is C7H2F6INO. The summed E-state index contributed by atoms with van der Waals surface area (Å²) in [6, 6.07) is 0. The van der Waals surface area contributed by atoms with Gasteiger partial charge in [0.15, 0.2) is 5.75 Å². The number of nitrogens with zero attached hydrogens (tertiary/aromatic N) is 1. The monoisotopic (exact) mass is 357 g/mol. The van der Waals surface area contributed by atoms with Crippen molar-refractivity contribution in [1.82, 2.24) is 4.98 Å². The third kappa shape index (κ3) is 3.12. The maximum absolute atomic E-state index is 12.8. The van der Waals surface area contributed by atoms with E-state index in [1.54, 1.807) is 0 Å². The van der Waals surface area contributed by atoms with Crippen LogP contribution in [0.2, 0.25) is 0 Å². The van der Waals surface area contributed by atoms with Crippen molar-refractivity contribution in [3.8, 4) is 5.75 Å². The molecule has 0 aromatic carbocycles. The molecule has 0 spiro atoms. The SMILES string of the molecule is Fc1ncc(I)c(C(F)F)c1OC(F)(F)F. The molecule has 0 saturated heterocycles. The molecule has 0 saturated carbocycles. The summed E-state index contributed by atoms with van der Waals surface area (Å²) in [5, 5.41) is 0. The summed E-state index contributed by atoms with van der Waals surface area (Å²) >= 11 is 1.31. The van der Waals surface area contributed by atoms with E-state index in [2.05, 4.69) is 9.72 Å². The fourth-order valence-electron chi connectivity index (χ4n) is 0.877. The highest BCUT2D eigenvalue weighted by Gasteiger charge is 2.36. The van der Waals surface area contributed by atoms with Crippen LogP contribution in [0.5, 0.6) is 5.75 Å². The quantitative estimate of drug-likeness (QED) is 0.458. The van der Waals surface area contributed by atoms with Crippen LogP contribution in [-0.4, -0.2) is 11.3 Å². The Labute approximate surface area is 98.7 Å². The van der Waals surface area contributed by atoms with E-state index in [-0.39, 0.29) is 3.57 Å². The van der Waals surface area contributed by atoms with Gasteiger partial charge in [-0.1, -0.05) is 0 Å². The Kier molecular flexibility index (Phi) is 3.86. The minimum absolute atomic E-state index is 0.312. The van der Waals surface area contributed by atoms with Crippen molar-refractivity contribution < 1.29 is 31.1 Å². The second kappa shape index (κ2) is 4.63. The molecular weight excluding hydrogens is 355 g/mol. The first-order valence-electron chi connectivity index (χ1n) is 3.60. The second-order valence-corrected chi connectivity index (χ2v) is 3.65. The molecule has 0 amide bonds. The van der Waals surface area contributed by atoms with Crippen LogP contribution >= 0.6 is 22.6 Å². The molecule has 0 atom stereocenters. The van der Waals surface area contributed by atoms with Crippen LogP contribution in [0.25, 0.3) is 0 Å². The van der Waals surface area contributed by atoms with E-state index >= 15 is 0 Å². The molecule has 16 heavy (non-hydrogen) atoms. The molecule has 0 aliphatic carbocycles. The number of rotatable bonds is 2. The van der Waals surface area contributed by atoms with Gasteiger partial charge in [-0.2, -0.15) is 4.39 Å². The average Bonchev–Trinajstić information content (AvgIpc) is 2.08. The van der Waals surface area contributed by atoms with Crippen LogP contribution in [0.1, 0.15) is 12.0 Å². The van der Waals surface area contributed by atoms with E-state index in [9.17, 15) is 26.3 Å². The number of alkyl halides is 5. The predicted molar refractivity (Wildman–Crippen MR) is 48.6 cm³/mol. The van der Waals surface area contributed by atoms with Gasteiger partial charge in [-0.25, -0.2) is 13.8 Å². The molecule has 1 aromatic heterocycles. The number of aromatic nitrogens is 1. The Hall–Kier alpha value is -0.740. The average molecular weight is 357 g/mol. The van der Waals surface area contributed by atoms with Crippen LogP contribution in [0.15, 0.2) is 6.20 Å². The first-order chi connectivity index (χ1) is 7.22. The smallest absolute Gasteiger partial charge is 0.400 e. The van der Waals surface area contributed by atoms with E-state index in [0.717, 1.165) is 0 Å². The number of halogens is 7. The summed E-state index contributed by atoms with van der Waals surface area (Å²) in [6.07, 6.45) is -7.85. The van der Waals surface area contributed by atoms with E-state index in [4.69, 9.17) is 0 Å². The Balaban J connectivity index is 3.29. The van der Waals surface area contributed by atoms with Crippen molar-refractivity contribution in [3.63, 3.8) is 0 Å². The standard InChI is InChI=1S/C7H2F6INO/c8-5(9)3-2(14)1-15-6(10)4(3)16-7(11,12)13/h1,5H. The minimum Gasteiger partial charge on any atom is -0.400 e. The highest BCUT2D eigenvalue weighted by molar-refractivity contribution is 14.1. The summed E-state index contributed by atoms with van der Waals surface area (Å²) in [5.41, 5.74) is -1.16. The lowest BCUT2D eigenvalue weighted by atomic mass is 10.2. The van der Waals surface area contributed by atoms with E-state index in [0.29, 0.717) is 6.20 Å². The number of hydrogen-bond acceptors (Lipinski definition) is 2. The molecule has 0 radical (unpaired) electrons. The van der Waals surface area contributed by atoms with Crippen molar-refractivity contribution in [3.05, 3.63) is 21.3 Å². The fourth-order valence-corrected chi connectivity index (χ4v) is 1.50. The molecule has 0 bridgehead atoms. The van der Waals surface area contributed by atoms with Gasteiger partial charge < -0.3 is 4.74 Å². The van der Waals surface area contributed by atoms with Gasteiger partial charge in [0.05, 0.1) is 5.56 Å². The van der Waals surface area contributed by atoms with Crippen molar-refractivity contribution in [2.24, 2.45) is 0 Å². The second-order valence-electron chi connectivity index (χ2n) is 2.49. The summed E-state index contributed by atoms with van der Waals surface area (Å²) in [5.74, 6) is -3.32. The third-order valence-electron chi connectivity index (χ3n) is 1.42. The van der Waals surface area contributed by atoms with Crippen LogP contribution in [0.3, 0.4) is 0 Å². The molecule has 90 valence electrons. The van der Waals surface area contributed by atoms with Crippen molar-refractivity contribution in [2.45, 2.75) is 12.8 Å². The Morgan fingerprint density at radius 2 is 1.88 bits per heavy atom. The van der Waals surface area contributed by atoms with E-state index in [1.165, 1.54) is 22.6 Å².